The maximum Gasteiger partial charge on any atom is 0.171 e. The average Bonchev–Trinajstić information content (AvgIpc) is 2.39. The van der Waals surface area contributed by atoms with Gasteiger partial charge in [0, 0.05) is 25.8 Å². The monoisotopic (exact) mass is 263 g/mol. The summed E-state index contributed by atoms with van der Waals surface area (Å²) >= 11 is 0. The van der Waals surface area contributed by atoms with Gasteiger partial charge in [0.2, 0.25) is 0 Å². The fourth-order valence-corrected chi connectivity index (χ4v) is 2.51. The minimum Gasteiger partial charge on any atom is -0.487 e. The summed E-state index contributed by atoms with van der Waals surface area (Å²) in [5.74, 6) is 1.80. The van der Waals surface area contributed by atoms with Crippen molar-refractivity contribution < 1.29 is 4.74 Å². The van der Waals surface area contributed by atoms with E-state index in [1.807, 2.05) is 32.2 Å². The zero-order valence-electron chi connectivity index (χ0n) is 12.2. The van der Waals surface area contributed by atoms with Gasteiger partial charge in [0.1, 0.15) is 0 Å². The van der Waals surface area contributed by atoms with Gasteiger partial charge in [-0.2, -0.15) is 0 Å². The summed E-state index contributed by atoms with van der Waals surface area (Å²) < 4.78 is 5.83. The first-order chi connectivity index (χ1) is 9.16. The number of nitrogens with zero attached hydrogens (tertiary/aromatic N) is 2. The first kappa shape index (κ1) is 14.1. The Morgan fingerprint density at radius 1 is 1.47 bits per heavy atom. The van der Waals surface area contributed by atoms with Crippen LogP contribution in [0.3, 0.4) is 0 Å². The first-order valence-corrected chi connectivity index (χ1v) is 7.23. The summed E-state index contributed by atoms with van der Waals surface area (Å²) in [6.07, 6.45) is 5.86. The second kappa shape index (κ2) is 6.75. The predicted molar refractivity (Wildman–Crippen MR) is 78.9 cm³/mol. The van der Waals surface area contributed by atoms with Crippen molar-refractivity contribution in [3.8, 4) is 5.75 Å². The lowest BCUT2D eigenvalue weighted by Crippen LogP contribution is -2.42. The summed E-state index contributed by atoms with van der Waals surface area (Å²) in [7, 11) is 2.09. The molecule has 2 rings (SSSR count). The maximum absolute atomic E-state index is 5.83. The number of ether oxygens (including phenoxy) is 1. The molecule has 0 saturated carbocycles. The van der Waals surface area contributed by atoms with Crippen molar-refractivity contribution in [1.29, 1.82) is 0 Å². The van der Waals surface area contributed by atoms with Crippen molar-refractivity contribution in [2.45, 2.75) is 45.3 Å². The number of hydrogen-bond donors (Lipinski definition) is 1. The Bertz CT molecular complexity index is 389. The Balaban J connectivity index is 2.02. The highest BCUT2D eigenvalue weighted by molar-refractivity contribution is 5.51. The van der Waals surface area contributed by atoms with E-state index in [0.717, 1.165) is 24.7 Å². The van der Waals surface area contributed by atoms with E-state index in [1.165, 1.54) is 19.3 Å². The number of rotatable bonds is 5. The molecule has 0 aromatic carbocycles. The highest BCUT2D eigenvalue weighted by atomic mass is 16.5. The van der Waals surface area contributed by atoms with Crippen LogP contribution in [0.1, 0.15) is 33.1 Å². The molecule has 0 amide bonds. The molecule has 1 atom stereocenters. The van der Waals surface area contributed by atoms with Crippen LogP contribution in [-0.4, -0.2) is 37.3 Å². The molecule has 0 bridgehead atoms. The zero-order chi connectivity index (χ0) is 13.7. The molecule has 0 radical (unpaired) electrons. The average molecular weight is 263 g/mol. The summed E-state index contributed by atoms with van der Waals surface area (Å²) in [6.45, 7) is 6.19. The molecular formula is C15H25N3O. The number of hydrogen-bond acceptors (Lipinski definition) is 4. The van der Waals surface area contributed by atoms with Crippen LogP contribution in [0.5, 0.6) is 5.75 Å². The molecule has 0 aliphatic carbocycles. The maximum atomic E-state index is 5.83. The van der Waals surface area contributed by atoms with Crippen molar-refractivity contribution in [3.05, 3.63) is 18.3 Å². The minimum atomic E-state index is 0.171. The molecule has 1 fully saturated rings. The lowest BCUT2D eigenvalue weighted by Gasteiger charge is -2.29. The SMILES string of the molecule is CC(C)Oc1cccnc1N(C)CC1CCCCN1. The largest absolute Gasteiger partial charge is 0.487 e. The first-order valence-electron chi connectivity index (χ1n) is 7.23. The number of piperidine rings is 1. The Morgan fingerprint density at radius 3 is 3.00 bits per heavy atom. The van der Waals surface area contributed by atoms with Gasteiger partial charge in [0.05, 0.1) is 6.10 Å². The van der Waals surface area contributed by atoms with Crippen molar-refractivity contribution in [2.24, 2.45) is 0 Å². The van der Waals surface area contributed by atoms with Crippen LogP contribution in [0, 0.1) is 0 Å². The van der Waals surface area contributed by atoms with Gasteiger partial charge in [-0.15, -0.1) is 0 Å². The van der Waals surface area contributed by atoms with Crippen molar-refractivity contribution in [2.75, 3.05) is 25.0 Å². The van der Waals surface area contributed by atoms with Crippen molar-refractivity contribution in [1.82, 2.24) is 10.3 Å². The van der Waals surface area contributed by atoms with Gasteiger partial charge in [-0.25, -0.2) is 4.98 Å². The molecule has 106 valence electrons. The molecular weight excluding hydrogens is 238 g/mol. The molecule has 4 nitrogen and oxygen atoms in total. The summed E-state index contributed by atoms with van der Waals surface area (Å²) in [6, 6.07) is 4.48. The minimum absolute atomic E-state index is 0.171. The van der Waals surface area contributed by atoms with Crippen LogP contribution in [-0.2, 0) is 0 Å². The molecule has 4 heteroatoms. The molecule has 1 saturated heterocycles. The van der Waals surface area contributed by atoms with Crippen LogP contribution in [0.2, 0.25) is 0 Å². The van der Waals surface area contributed by atoms with Crippen LogP contribution in [0.4, 0.5) is 5.82 Å². The second-order valence-electron chi connectivity index (χ2n) is 5.52. The number of anilines is 1. The fourth-order valence-electron chi connectivity index (χ4n) is 2.51. The highest BCUT2D eigenvalue weighted by Crippen LogP contribution is 2.25. The van der Waals surface area contributed by atoms with Crippen LogP contribution < -0.4 is 15.0 Å². The Kier molecular flexibility index (Phi) is 5.02. The van der Waals surface area contributed by atoms with Gasteiger partial charge in [-0.05, 0) is 45.4 Å². The molecule has 19 heavy (non-hydrogen) atoms. The van der Waals surface area contributed by atoms with E-state index in [-0.39, 0.29) is 6.10 Å². The number of aromatic nitrogens is 1. The van der Waals surface area contributed by atoms with Crippen LogP contribution in [0.25, 0.3) is 0 Å². The van der Waals surface area contributed by atoms with Crippen molar-refractivity contribution >= 4 is 5.82 Å². The lowest BCUT2D eigenvalue weighted by atomic mass is 10.0. The van der Waals surface area contributed by atoms with E-state index in [0.29, 0.717) is 6.04 Å². The smallest absolute Gasteiger partial charge is 0.171 e. The van der Waals surface area contributed by atoms with Crippen molar-refractivity contribution in [3.63, 3.8) is 0 Å². The summed E-state index contributed by atoms with van der Waals surface area (Å²) in [5, 5.41) is 3.57. The lowest BCUT2D eigenvalue weighted by molar-refractivity contribution is 0.242. The summed E-state index contributed by atoms with van der Waals surface area (Å²) in [4.78, 5) is 6.67. The number of likely N-dealkylation sites (N-methyl/N-ethyl adjacent to an activating group) is 1. The number of nitrogens with one attached hydrogen (secondary N) is 1. The van der Waals surface area contributed by atoms with E-state index >= 15 is 0 Å². The standard InChI is InChI=1S/C15H25N3O/c1-12(2)19-14-8-6-10-17-15(14)18(3)11-13-7-4-5-9-16-13/h6,8,10,12-13,16H,4-5,7,9,11H2,1-3H3. The topological polar surface area (TPSA) is 37.4 Å². The van der Waals surface area contributed by atoms with Gasteiger partial charge in [0.15, 0.2) is 11.6 Å². The molecule has 1 aromatic heterocycles. The second-order valence-corrected chi connectivity index (χ2v) is 5.52. The molecule has 1 N–H and O–H groups in total. The normalized spacial score (nSPS) is 19.5. The third kappa shape index (κ3) is 4.10. The van der Waals surface area contributed by atoms with Crippen LogP contribution in [0.15, 0.2) is 18.3 Å². The van der Waals surface area contributed by atoms with Gasteiger partial charge in [-0.3, -0.25) is 0 Å². The molecule has 1 aromatic rings. The zero-order valence-corrected chi connectivity index (χ0v) is 12.2. The Morgan fingerprint density at radius 2 is 2.32 bits per heavy atom. The van der Waals surface area contributed by atoms with Gasteiger partial charge in [-0.1, -0.05) is 6.42 Å². The third-order valence-electron chi connectivity index (χ3n) is 3.38. The Labute approximate surface area is 116 Å². The molecule has 0 spiro atoms. The third-order valence-corrected chi connectivity index (χ3v) is 3.38. The van der Waals surface area contributed by atoms with E-state index in [4.69, 9.17) is 4.74 Å². The quantitative estimate of drug-likeness (QED) is 0.885. The highest BCUT2D eigenvalue weighted by Gasteiger charge is 2.17. The van der Waals surface area contributed by atoms with Gasteiger partial charge in [0.25, 0.3) is 0 Å². The van der Waals surface area contributed by atoms with E-state index in [2.05, 4.69) is 22.2 Å². The predicted octanol–water partition coefficient (Wildman–Crippen LogP) is 2.45. The van der Waals surface area contributed by atoms with E-state index < -0.39 is 0 Å². The van der Waals surface area contributed by atoms with Gasteiger partial charge < -0.3 is 15.0 Å². The molecule has 1 aliphatic heterocycles. The molecule has 1 aliphatic rings. The molecule has 2 heterocycles. The van der Waals surface area contributed by atoms with E-state index in [1.54, 1.807) is 0 Å². The Hall–Kier alpha value is -1.29. The van der Waals surface area contributed by atoms with Gasteiger partial charge >= 0.3 is 0 Å². The van der Waals surface area contributed by atoms with Crippen LogP contribution >= 0.6 is 0 Å². The fraction of sp³-hybridized carbons (Fsp3) is 0.667. The summed E-state index contributed by atoms with van der Waals surface area (Å²) in [5.41, 5.74) is 0. The molecule has 1 unspecified atom stereocenters. The number of pyridine rings is 1. The van der Waals surface area contributed by atoms with E-state index in [9.17, 15) is 0 Å².